The van der Waals surface area contributed by atoms with Crippen LogP contribution in [-0.4, -0.2) is 37.9 Å². The molecule has 3 rings (SSSR count). The van der Waals surface area contributed by atoms with E-state index in [1.807, 2.05) is 19.9 Å². The van der Waals surface area contributed by atoms with Crippen LogP contribution in [0.1, 0.15) is 17.5 Å². The molecule has 2 aromatic rings. The molecule has 1 fully saturated rings. The number of urea groups is 1. The minimum absolute atomic E-state index is 0.244. The Hall–Kier alpha value is -2.09. The van der Waals surface area contributed by atoms with Gasteiger partial charge in [0, 0.05) is 29.8 Å². The average Bonchev–Trinajstić information content (AvgIpc) is 3.08. The van der Waals surface area contributed by atoms with Crippen LogP contribution in [0, 0.1) is 13.8 Å². The molecule has 0 radical (unpaired) electrons. The predicted molar refractivity (Wildman–Crippen MR) is 107 cm³/mol. The molecule has 8 heteroatoms. The zero-order valence-electron chi connectivity index (χ0n) is 15.2. The fourth-order valence-corrected chi connectivity index (χ4v) is 4.63. The first kappa shape index (κ1) is 19.7. The Morgan fingerprint density at radius 2 is 1.85 bits per heavy atom. The molecule has 1 saturated heterocycles. The van der Waals surface area contributed by atoms with Crippen molar-refractivity contribution in [3.05, 3.63) is 58.6 Å². The molecule has 1 aliphatic rings. The second kappa shape index (κ2) is 7.88. The van der Waals surface area contributed by atoms with Crippen LogP contribution < -0.4 is 10.6 Å². The molecule has 0 spiro atoms. The van der Waals surface area contributed by atoms with E-state index in [2.05, 4.69) is 10.6 Å². The van der Waals surface area contributed by atoms with Gasteiger partial charge in [-0.1, -0.05) is 35.4 Å². The molecule has 2 amide bonds. The van der Waals surface area contributed by atoms with Gasteiger partial charge >= 0.3 is 6.03 Å². The fraction of sp³-hybridized carbons (Fsp3) is 0.316. The standard InChI is InChI=1S/C19H22ClN3O3S/c1-13-3-7-17(8-4-13)27(25,26)23-10-9-16(12-23)22-19(24)21-15-6-5-14(2)18(20)11-15/h3-8,11,16H,9-10,12H2,1-2H3,(H2,21,22,24)/t16-/m1/s1. The second-order valence-corrected chi connectivity index (χ2v) is 9.07. The lowest BCUT2D eigenvalue weighted by Crippen LogP contribution is -2.40. The first-order valence-corrected chi connectivity index (χ1v) is 10.5. The van der Waals surface area contributed by atoms with Crippen molar-refractivity contribution in [2.45, 2.75) is 31.2 Å². The number of halogens is 1. The molecule has 1 atom stereocenters. The summed E-state index contributed by atoms with van der Waals surface area (Å²) in [7, 11) is -3.55. The Balaban J connectivity index is 1.59. The largest absolute Gasteiger partial charge is 0.334 e. The van der Waals surface area contributed by atoms with Gasteiger partial charge < -0.3 is 10.6 Å². The number of hydrogen-bond acceptors (Lipinski definition) is 3. The zero-order chi connectivity index (χ0) is 19.6. The van der Waals surface area contributed by atoms with Crippen molar-refractivity contribution in [1.29, 1.82) is 0 Å². The van der Waals surface area contributed by atoms with Crippen LogP contribution >= 0.6 is 11.6 Å². The van der Waals surface area contributed by atoms with Crippen LogP contribution in [0.15, 0.2) is 47.4 Å². The van der Waals surface area contributed by atoms with Gasteiger partial charge in [0.05, 0.1) is 4.90 Å². The van der Waals surface area contributed by atoms with Gasteiger partial charge in [0.1, 0.15) is 0 Å². The molecule has 2 N–H and O–H groups in total. The molecule has 27 heavy (non-hydrogen) atoms. The number of nitrogens with zero attached hydrogens (tertiary/aromatic N) is 1. The summed E-state index contributed by atoms with van der Waals surface area (Å²) < 4.78 is 26.8. The van der Waals surface area contributed by atoms with E-state index in [-0.39, 0.29) is 23.5 Å². The topological polar surface area (TPSA) is 78.5 Å². The lowest BCUT2D eigenvalue weighted by atomic mass is 10.2. The number of nitrogens with one attached hydrogen (secondary N) is 2. The third-order valence-electron chi connectivity index (χ3n) is 4.57. The summed E-state index contributed by atoms with van der Waals surface area (Å²) in [6, 6.07) is 11.4. The lowest BCUT2D eigenvalue weighted by Gasteiger charge is -2.17. The lowest BCUT2D eigenvalue weighted by molar-refractivity contribution is 0.249. The van der Waals surface area contributed by atoms with Crippen LogP contribution in [0.2, 0.25) is 5.02 Å². The van der Waals surface area contributed by atoms with Crippen molar-refractivity contribution in [3.63, 3.8) is 0 Å². The van der Waals surface area contributed by atoms with Crippen LogP contribution in [0.5, 0.6) is 0 Å². The highest BCUT2D eigenvalue weighted by Crippen LogP contribution is 2.22. The van der Waals surface area contributed by atoms with Crippen molar-refractivity contribution in [2.24, 2.45) is 0 Å². The van der Waals surface area contributed by atoms with Gasteiger partial charge in [-0.05, 0) is 50.1 Å². The number of anilines is 1. The van der Waals surface area contributed by atoms with Gasteiger partial charge in [-0.3, -0.25) is 0 Å². The van der Waals surface area contributed by atoms with Crippen LogP contribution in [0.4, 0.5) is 10.5 Å². The molecule has 0 saturated carbocycles. The third-order valence-corrected chi connectivity index (χ3v) is 6.86. The van der Waals surface area contributed by atoms with Gasteiger partial charge in [0.15, 0.2) is 0 Å². The van der Waals surface area contributed by atoms with E-state index in [1.54, 1.807) is 36.4 Å². The predicted octanol–water partition coefficient (Wildman–Crippen LogP) is 3.54. The van der Waals surface area contributed by atoms with Gasteiger partial charge in [-0.25, -0.2) is 13.2 Å². The van der Waals surface area contributed by atoms with Crippen molar-refractivity contribution in [2.75, 3.05) is 18.4 Å². The highest BCUT2D eigenvalue weighted by Gasteiger charge is 2.33. The van der Waals surface area contributed by atoms with Crippen molar-refractivity contribution < 1.29 is 13.2 Å². The summed E-state index contributed by atoms with van der Waals surface area (Å²) in [6.07, 6.45) is 0.563. The zero-order valence-corrected chi connectivity index (χ0v) is 16.8. The maximum absolute atomic E-state index is 12.7. The number of hydrogen-bond donors (Lipinski definition) is 2. The average molecular weight is 408 g/mol. The van der Waals surface area contributed by atoms with E-state index in [9.17, 15) is 13.2 Å². The van der Waals surface area contributed by atoms with Gasteiger partial charge in [-0.15, -0.1) is 0 Å². The van der Waals surface area contributed by atoms with E-state index >= 15 is 0 Å². The molecule has 1 aliphatic heterocycles. The van der Waals surface area contributed by atoms with Crippen molar-refractivity contribution in [1.82, 2.24) is 9.62 Å². The molecule has 1 heterocycles. The molecule has 144 valence electrons. The minimum Gasteiger partial charge on any atom is -0.334 e. The molecular formula is C19H22ClN3O3S. The van der Waals surface area contributed by atoms with E-state index in [0.29, 0.717) is 23.7 Å². The summed E-state index contributed by atoms with van der Waals surface area (Å²) in [5.74, 6) is 0. The highest BCUT2D eigenvalue weighted by molar-refractivity contribution is 7.89. The smallest absolute Gasteiger partial charge is 0.319 e. The summed E-state index contributed by atoms with van der Waals surface area (Å²) in [6.45, 7) is 4.41. The van der Waals surface area contributed by atoms with Crippen molar-refractivity contribution in [3.8, 4) is 0 Å². The molecule has 6 nitrogen and oxygen atoms in total. The summed E-state index contributed by atoms with van der Waals surface area (Å²) >= 11 is 6.06. The number of carbonyl (C=O) groups is 1. The van der Waals surface area contributed by atoms with Crippen LogP contribution in [-0.2, 0) is 10.0 Å². The highest BCUT2D eigenvalue weighted by atomic mass is 35.5. The SMILES string of the molecule is Cc1ccc(S(=O)(=O)N2CC[C@@H](NC(=O)Nc3ccc(C)c(Cl)c3)C2)cc1. The number of amides is 2. The van der Waals surface area contributed by atoms with E-state index in [1.165, 1.54) is 4.31 Å². The quantitative estimate of drug-likeness (QED) is 0.813. The van der Waals surface area contributed by atoms with Crippen LogP contribution in [0.25, 0.3) is 0 Å². The van der Waals surface area contributed by atoms with E-state index in [4.69, 9.17) is 11.6 Å². The number of benzene rings is 2. The fourth-order valence-electron chi connectivity index (χ4n) is 2.95. The van der Waals surface area contributed by atoms with Gasteiger partial charge in [0.25, 0.3) is 0 Å². The van der Waals surface area contributed by atoms with Gasteiger partial charge in [-0.2, -0.15) is 4.31 Å². The van der Waals surface area contributed by atoms with Gasteiger partial charge in [0.2, 0.25) is 10.0 Å². The number of carbonyl (C=O) groups excluding carboxylic acids is 1. The maximum atomic E-state index is 12.7. The molecular weight excluding hydrogens is 386 g/mol. The second-order valence-electron chi connectivity index (χ2n) is 6.72. The van der Waals surface area contributed by atoms with Crippen LogP contribution in [0.3, 0.4) is 0 Å². The number of rotatable bonds is 4. The van der Waals surface area contributed by atoms with E-state index < -0.39 is 10.0 Å². The Morgan fingerprint density at radius 3 is 2.52 bits per heavy atom. The van der Waals surface area contributed by atoms with E-state index in [0.717, 1.165) is 11.1 Å². The first-order valence-electron chi connectivity index (χ1n) is 8.66. The Morgan fingerprint density at radius 1 is 1.15 bits per heavy atom. The molecule has 0 unspecified atom stereocenters. The Kier molecular flexibility index (Phi) is 5.74. The Bertz CT molecular complexity index is 945. The number of sulfonamides is 1. The monoisotopic (exact) mass is 407 g/mol. The van der Waals surface area contributed by atoms with Crippen molar-refractivity contribution >= 4 is 33.3 Å². The normalized spacial score (nSPS) is 17.7. The molecule has 0 aliphatic carbocycles. The maximum Gasteiger partial charge on any atom is 0.319 e. The Labute approximate surface area is 164 Å². The summed E-state index contributed by atoms with van der Waals surface area (Å²) in [5, 5.41) is 6.12. The third kappa shape index (κ3) is 4.61. The summed E-state index contributed by atoms with van der Waals surface area (Å²) in [4.78, 5) is 12.5. The first-order chi connectivity index (χ1) is 12.8. The minimum atomic E-state index is -3.55. The number of aryl methyl sites for hydroxylation is 2. The molecule has 0 aromatic heterocycles. The molecule has 2 aromatic carbocycles. The molecule has 0 bridgehead atoms. The summed E-state index contributed by atoms with van der Waals surface area (Å²) in [5.41, 5.74) is 2.52.